The van der Waals surface area contributed by atoms with Crippen LogP contribution in [0, 0.1) is 5.82 Å². The number of halogens is 1. The van der Waals surface area contributed by atoms with Crippen molar-refractivity contribution in [3.05, 3.63) is 114 Å². The van der Waals surface area contributed by atoms with Crippen LogP contribution < -0.4 is 9.50 Å². The molecule has 1 heterocycles. The second kappa shape index (κ2) is 11.1. The second-order valence-electron chi connectivity index (χ2n) is 8.07. The van der Waals surface area contributed by atoms with Crippen molar-refractivity contribution >= 4 is 27.6 Å². The number of rotatable bonds is 9. The van der Waals surface area contributed by atoms with Crippen molar-refractivity contribution in [2.45, 2.75) is 24.9 Å². The maximum atomic E-state index is 14.4. The Hall–Kier alpha value is -4.44. The first-order chi connectivity index (χ1) is 17.7. The lowest BCUT2D eigenvalue weighted by molar-refractivity contribution is -0.114. The molecule has 0 aliphatic heterocycles. The molecule has 0 atom stereocenters. The van der Waals surface area contributed by atoms with Crippen LogP contribution >= 0.6 is 0 Å². The minimum atomic E-state index is -4.24. The van der Waals surface area contributed by atoms with Gasteiger partial charge in [0, 0.05) is 18.2 Å². The Kier molecular flexibility index (Phi) is 7.69. The summed E-state index contributed by atoms with van der Waals surface area (Å²) in [6.45, 7) is 1.28. The zero-order valence-electron chi connectivity index (χ0n) is 19.8. The Morgan fingerprint density at radius 2 is 1.62 bits per heavy atom. The van der Waals surface area contributed by atoms with Gasteiger partial charge in [0.05, 0.1) is 24.9 Å². The predicted octanol–water partition coefficient (Wildman–Crippen LogP) is 4.99. The second-order valence-corrected chi connectivity index (χ2v) is 9.62. The summed E-state index contributed by atoms with van der Waals surface area (Å²) in [4.78, 5) is 25.7. The molecule has 37 heavy (non-hydrogen) atoms. The van der Waals surface area contributed by atoms with Crippen LogP contribution in [0.4, 0.5) is 10.1 Å². The minimum Gasteiger partial charge on any atom is -0.467 e. The van der Waals surface area contributed by atoms with Crippen molar-refractivity contribution in [2.24, 2.45) is 0 Å². The van der Waals surface area contributed by atoms with Crippen LogP contribution in [0.15, 0.2) is 101 Å². The Morgan fingerprint density at radius 1 is 0.919 bits per heavy atom. The van der Waals surface area contributed by atoms with Crippen molar-refractivity contribution in [1.82, 2.24) is 4.90 Å². The van der Waals surface area contributed by atoms with Gasteiger partial charge in [0.1, 0.15) is 22.2 Å². The van der Waals surface area contributed by atoms with E-state index in [0.29, 0.717) is 17.0 Å². The van der Waals surface area contributed by atoms with Gasteiger partial charge in [0.25, 0.3) is 5.91 Å². The smallest absolute Gasteiger partial charge is 0.339 e. The van der Waals surface area contributed by atoms with E-state index in [2.05, 4.69) is 5.32 Å². The van der Waals surface area contributed by atoms with E-state index in [9.17, 15) is 22.4 Å². The number of carbonyl (C=O) groups excluding carboxylic acids is 2. The largest absolute Gasteiger partial charge is 0.467 e. The van der Waals surface area contributed by atoms with Crippen LogP contribution in [0.2, 0.25) is 0 Å². The Bertz CT molecular complexity index is 1500. The third kappa shape index (κ3) is 6.42. The van der Waals surface area contributed by atoms with Crippen molar-refractivity contribution in [2.75, 3.05) is 5.32 Å². The van der Waals surface area contributed by atoms with E-state index >= 15 is 0 Å². The lowest BCUT2D eigenvalue weighted by Crippen LogP contribution is -2.31. The normalized spacial score (nSPS) is 11.1. The van der Waals surface area contributed by atoms with Crippen molar-refractivity contribution in [3.63, 3.8) is 0 Å². The summed E-state index contributed by atoms with van der Waals surface area (Å²) in [5.41, 5.74) is 0.698. The fourth-order valence-electron chi connectivity index (χ4n) is 3.59. The molecule has 0 radical (unpaired) electrons. The van der Waals surface area contributed by atoms with E-state index in [1.54, 1.807) is 36.4 Å². The fourth-order valence-corrected chi connectivity index (χ4v) is 4.56. The fraction of sp³-hybridized carbons (Fsp3) is 0.111. The number of nitrogens with zero attached hydrogens (tertiary/aromatic N) is 1. The minimum absolute atomic E-state index is 0.0132. The number of furan rings is 1. The quantitative estimate of drug-likeness (QED) is 0.311. The summed E-state index contributed by atoms with van der Waals surface area (Å²) < 4.78 is 51.2. The van der Waals surface area contributed by atoms with E-state index in [1.165, 1.54) is 66.6 Å². The zero-order chi connectivity index (χ0) is 26.4. The van der Waals surface area contributed by atoms with E-state index in [0.717, 1.165) is 0 Å². The molecule has 1 aromatic heterocycles. The van der Waals surface area contributed by atoms with E-state index in [4.69, 9.17) is 8.60 Å². The number of hydrogen-bond donors (Lipinski definition) is 1. The maximum absolute atomic E-state index is 14.4. The number of nitrogens with one attached hydrogen (secondary N) is 1. The molecule has 0 saturated heterocycles. The third-order valence-corrected chi connectivity index (χ3v) is 6.56. The van der Waals surface area contributed by atoms with Gasteiger partial charge < -0.3 is 18.8 Å². The molecule has 0 bridgehead atoms. The van der Waals surface area contributed by atoms with Crippen molar-refractivity contribution in [3.8, 4) is 5.75 Å². The Labute approximate surface area is 213 Å². The third-order valence-electron chi connectivity index (χ3n) is 5.31. The molecule has 0 spiro atoms. The molecule has 8 nitrogen and oxygen atoms in total. The molecule has 4 rings (SSSR count). The number of para-hydroxylation sites is 1. The first-order valence-electron chi connectivity index (χ1n) is 11.2. The number of amides is 2. The molecule has 2 amide bonds. The highest BCUT2D eigenvalue weighted by molar-refractivity contribution is 7.87. The highest BCUT2D eigenvalue weighted by atomic mass is 32.2. The number of hydrogen-bond acceptors (Lipinski definition) is 6. The van der Waals surface area contributed by atoms with Crippen LogP contribution in [0.1, 0.15) is 28.6 Å². The highest BCUT2D eigenvalue weighted by Crippen LogP contribution is 2.26. The summed E-state index contributed by atoms with van der Waals surface area (Å²) in [7, 11) is -4.24. The summed E-state index contributed by atoms with van der Waals surface area (Å²) >= 11 is 0. The topological polar surface area (TPSA) is 106 Å². The van der Waals surface area contributed by atoms with E-state index in [-0.39, 0.29) is 35.2 Å². The molecular formula is C27H23FN2O6S. The summed E-state index contributed by atoms with van der Waals surface area (Å²) in [6.07, 6.45) is 1.46. The lowest BCUT2D eigenvalue weighted by atomic mass is 10.1. The molecule has 10 heteroatoms. The molecule has 0 unspecified atom stereocenters. The molecule has 0 fully saturated rings. The molecule has 4 aromatic rings. The molecule has 3 aromatic carbocycles. The highest BCUT2D eigenvalue weighted by Gasteiger charge is 2.24. The van der Waals surface area contributed by atoms with Gasteiger partial charge in [-0.1, -0.05) is 30.3 Å². The van der Waals surface area contributed by atoms with Crippen LogP contribution in [0.3, 0.4) is 0 Å². The average molecular weight is 523 g/mol. The molecule has 0 aliphatic carbocycles. The van der Waals surface area contributed by atoms with Gasteiger partial charge >= 0.3 is 10.1 Å². The van der Waals surface area contributed by atoms with Gasteiger partial charge in [-0.05, 0) is 54.6 Å². The molecule has 190 valence electrons. The summed E-state index contributed by atoms with van der Waals surface area (Å²) in [5.74, 6) is -1.08. The number of benzene rings is 3. The predicted molar refractivity (Wildman–Crippen MR) is 134 cm³/mol. The summed E-state index contributed by atoms with van der Waals surface area (Å²) in [5, 5.41) is 2.56. The van der Waals surface area contributed by atoms with E-state index in [1.807, 2.05) is 0 Å². The van der Waals surface area contributed by atoms with Crippen LogP contribution in [-0.4, -0.2) is 25.1 Å². The van der Waals surface area contributed by atoms with Gasteiger partial charge in [0.15, 0.2) is 0 Å². The molecule has 0 aliphatic rings. The van der Waals surface area contributed by atoms with Gasteiger partial charge in [-0.3, -0.25) is 9.59 Å². The first-order valence-corrected chi connectivity index (χ1v) is 12.6. The number of carbonyl (C=O) groups is 2. The van der Waals surface area contributed by atoms with Gasteiger partial charge in [0.2, 0.25) is 5.91 Å². The number of anilines is 1. The van der Waals surface area contributed by atoms with Gasteiger partial charge in [-0.15, -0.1) is 0 Å². The molecular weight excluding hydrogens is 499 g/mol. The Balaban J connectivity index is 1.61. The van der Waals surface area contributed by atoms with Crippen molar-refractivity contribution in [1.29, 1.82) is 0 Å². The molecule has 1 N–H and O–H groups in total. The monoisotopic (exact) mass is 522 g/mol. The van der Waals surface area contributed by atoms with Crippen LogP contribution in [0.25, 0.3) is 0 Å². The van der Waals surface area contributed by atoms with E-state index < -0.39 is 21.8 Å². The Morgan fingerprint density at radius 3 is 2.30 bits per heavy atom. The zero-order valence-corrected chi connectivity index (χ0v) is 20.6. The molecule has 0 saturated carbocycles. The first kappa shape index (κ1) is 25.6. The van der Waals surface area contributed by atoms with Gasteiger partial charge in [-0.2, -0.15) is 8.42 Å². The van der Waals surface area contributed by atoms with Crippen LogP contribution in [0.5, 0.6) is 5.75 Å². The van der Waals surface area contributed by atoms with Crippen LogP contribution in [-0.2, 0) is 28.0 Å². The van der Waals surface area contributed by atoms with Gasteiger partial charge in [-0.25, -0.2) is 4.39 Å². The SMILES string of the molecule is CC(=O)Nc1ccc(S(=O)(=O)Oc2ccccc2CN(Cc2ccco2)C(=O)c2ccccc2F)cc1. The standard InChI is InChI=1S/C27H23FN2O6S/c1-19(31)29-21-12-14-23(15-13-21)37(33,34)36-26-11-5-2-7-20(26)17-30(18-22-8-6-16-35-22)27(32)24-9-3-4-10-25(24)28/h2-16H,17-18H2,1H3,(H,29,31). The lowest BCUT2D eigenvalue weighted by Gasteiger charge is -2.23. The maximum Gasteiger partial charge on any atom is 0.339 e. The average Bonchev–Trinajstić information content (AvgIpc) is 3.38. The summed E-state index contributed by atoms with van der Waals surface area (Å²) in [6, 6.07) is 20.9. The van der Waals surface area contributed by atoms with Crippen molar-refractivity contribution < 1.29 is 31.0 Å².